The summed E-state index contributed by atoms with van der Waals surface area (Å²) in [7, 11) is 0. The highest BCUT2D eigenvalue weighted by atomic mass is 16.4. The molecule has 2 aliphatic carbocycles. The average molecular weight is 763 g/mol. The van der Waals surface area contributed by atoms with E-state index in [1.807, 2.05) is 6.21 Å². The number of nitrogens with zero attached hydrogens (tertiary/aromatic N) is 1. The number of carboxylic acid groups (broad SMARTS) is 1. The second kappa shape index (κ2) is 15.2. The van der Waals surface area contributed by atoms with E-state index in [1.54, 1.807) is 0 Å². The lowest BCUT2D eigenvalue weighted by Crippen LogP contribution is -3.16. The van der Waals surface area contributed by atoms with Crippen LogP contribution < -0.4 is 31.7 Å². The van der Waals surface area contributed by atoms with Gasteiger partial charge in [0.2, 0.25) is 0 Å². The molecule has 8 N–H and O–H groups in total. The Labute approximate surface area is 331 Å². The Kier molecular flexibility index (Phi) is 10.4. The van der Waals surface area contributed by atoms with Crippen LogP contribution in [0.2, 0.25) is 0 Å². The summed E-state index contributed by atoms with van der Waals surface area (Å²) in [6.45, 7) is 6.17. The molecule has 0 amide bonds. The van der Waals surface area contributed by atoms with Gasteiger partial charge in [-0.2, -0.15) is 0 Å². The summed E-state index contributed by atoms with van der Waals surface area (Å²) in [5.41, 5.74) is 11.8. The minimum atomic E-state index is -1.45. The predicted molar refractivity (Wildman–Crippen MR) is 218 cm³/mol. The van der Waals surface area contributed by atoms with Gasteiger partial charge in [0.1, 0.15) is 12.6 Å². The number of piperidine rings is 2. The first-order valence-electron chi connectivity index (χ1n) is 21.5. The lowest BCUT2D eigenvalue weighted by atomic mass is 9.60. The summed E-state index contributed by atoms with van der Waals surface area (Å²) >= 11 is 0. The van der Waals surface area contributed by atoms with E-state index in [4.69, 9.17) is 5.73 Å². The van der Waals surface area contributed by atoms with Crippen molar-refractivity contribution in [2.45, 2.75) is 150 Å². The lowest BCUT2D eigenvalue weighted by molar-refractivity contribution is -0.914. The number of fused-ring (bicyclic) bond motifs is 1. The fraction of sp³-hybridized carbons (Fsp3) is 0.609. The quantitative estimate of drug-likeness (QED) is 0.202. The molecule has 3 aromatic rings. The first kappa shape index (κ1) is 38.3. The van der Waals surface area contributed by atoms with Gasteiger partial charge in [-0.25, -0.2) is 4.99 Å². The van der Waals surface area contributed by atoms with Crippen LogP contribution in [0.1, 0.15) is 124 Å². The first-order valence-corrected chi connectivity index (χ1v) is 21.5. The first-order chi connectivity index (χ1) is 26.9. The number of carbonyl (C=O) groups excluding carboxylic acids is 1. The van der Waals surface area contributed by atoms with Crippen LogP contribution in [0.4, 0.5) is 0 Å². The zero-order valence-corrected chi connectivity index (χ0v) is 33.2. The van der Waals surface area contributed by atoms with E-state index in [0.29, 0.717) is 43.2 Å². The normalized spacial score (nSPS) is 39.5. The Balaban J connectivity index is 1.13. The molecular formula is C46H62N6O4. The van der Waals surface area contributed by atoms with E-state index >= 15 is 0 Å². The lowest BCUT2D eigenvalue weighted by Gasteiger charge is -2.46. The van der Waals surface area contributed by atoms with Gasteiger partial charge in [0, 0.05) is 48.9 Å². The van der Waals surface area contributed by atoms with Gasteiger partial charge in [0.05, 0.1) is 30.1 Å². The molecule has 11 rings (SSSR count). The molecule has 0 radical (unpaired) electrons. The largest absolute Gasteiger partial charge is 0.550 e. The predicted octanol–water partition coefficient (Wildman–Crippen LogP) is 2.34. The van der Waals surface area contributed by atoms with Gasteiger partial charge < -0.3 is 41.4 Å². The highest BCUT2D eigenvalue weighted by Gasteiger charge is 2.45. The average Bonchev–Trinajstić information content (AvgIpc) is 3.70. The molecule has 2 fully saturated rings. The van der Waals surface area contributed by atoms with Crippen LogP contribution in [-0.2, 0) is 11.2 Å². The Morgan fingerprint density at radius 1 is 1.04 bits per heavy atom. The van der Waals surface area contributed by atoms with E-state index in [1.165, 1.54) is 43.5 Å². The maximum Gasteiger partial charge on any atom is 0.171 e. The van der Waals surface area contributed by atoms with Gasteiger partial charge >= 0.3 is 0 Å². The number of hydrogen-bond donors (Lipinski definition) is 7. The molecule has 0 aromatic heterocycles. The maximum absolute atomic E-state index is 12.2. The molecule has 13 unspecified atom stereocenters. The zero-order valence-electron chi connectivity index (χ0n) is 33.2. The summed E-state index contributed by atoms with van der Waals surface area (Å²) in [4.78, 5) is 18.2. The topological polar surface area (TPSA) is 159 Å². The van der Waals surface area contributed by atoms with Gasteiger partial charge in [0.15, 0.2) is 6.67 Å². The van der Waals surface area contributed by atoms with Crippen molar-refractivity contribution in [3.05, 3.63) is 82.4 Å². The third-order valence-corrected chi connectivity index (χ3v) is 15.0. The molecule has 13 atom stereocenters. The van der Waals surface area contributed by atoms with Crippen molar-refractivity contribution in [2.75, 3.05) is 19.8 Å². The number of nitrogens with two attached hydrogens (primary N) is 1. The van der Waals surface area contributed by atoms with E-state index in [2.05, 4.69) is 89.4 Å². The molecule has 10 bridgehead atoms. The summed E-state index contributed by atoms with van der Waals surface area (Å²) in [5, 5.41) is 49.1. The molecule has 0 saturated carbocycles. The number of carboxylic acids is 1. The maximum atomic E-state index is 12.2. The number of aliphatic hydroxyl groups is 2. The van der Waals surface area contributed by atoms with Crippen molar-refractivity contribution < 1.29 is 25.0 Å². The van der Waals surface area contributed by atoms with Crippen molar-refractivity contribution in [1.29, 1.82) is 0 Å². The Bertz CT molecular complexity index is 1960. The van der Waals surface area contributed by atoms with Gasteiger partial charge in [-0.15, -0.1) is 0 Å². The van der Waals surface area contributed by atoms with E-state index < -0.39 is 18.0 Å². The zero-order chi connectivity index (χ0) is 38.8. The highest BCUT2D eigenvalue weighted by Crippen LogP contribution is 2.56. The molecule has 0 spiro atoms. The number of quaternary nitrogens is 1. The van der Waals surface area contributed by atoms with Crippen molar-refractivity contribution >= 4 is 23.0 Å². The third-order valence-electron chi connectivity index (χ3n) is 15.0. The van der Waals surface area contributed by atoms with Crippen LogP contribution in [0.25, 0.3) is 10.8 Å². The standard InChI is InChI=1S/C46H62N6O4/c1-27-39(53)21-38(52-16-15-48-26-52)37(50-27)12-10-32-20-33-19-30-13-14-46(56,24-41(54)55)25-49-45(2)22-34(51-40(47)23-45)18-28-5-3-7-31(17-28)42(32)36-11-9-29-6-4-8-35(30)43(29)44(33)36/h3-9,11,15,17,27,30,32-34,37-40,42,49-51,53,56H,10,12-14,16,18-26,47H2,1-2H3,(H,54,55). The molecule has 300 valence electrons. The van der Waals surface area contributed by atoms with Crippen molar-refractivity contribution in [2.24, 2.45) is 16.6 Å². The van der Waals surface area contributed by atoms with Crippen molar-refractivity contribution in [3.8, 4) is 0 Å². The Morgan fingerprint density at radius 3 is 2.71 bits per heavy atom. The van der Waals surface area contributed by atoms with Crippen LogP contribution in [0, 0.1) is 5.92 Å². The molecule has 10 nitrogen and oxygen atoms in total. The number of β-amino-alcohol motifs (C(OH)–C–C–N with tert-alkyl or cyclic N) is 1. The summed E-state index contributed by atoms with van der Waals surface area (Å²) in [6.07, 6.45) is 9.46. The number of aliphatic carboxylic acids is 1. The Morgan fingerprint density at radius 2 is 1.89 bits per heavy atom. The van der Waals surface area contributed by atoms with Gasteiger partial charge in [-0.1, -0.05) is 54.6 Å². The van der Waals surface area contributed by atoms with Crippen molar-refractivity contribution in [1.82, 2.24) is 16.0 Å². The summed E-state index contributed by atoms with van der Waals surface area (Å²) < 4.78 is 0. The number of carbonyl (C=O) groups is 1. The van der Waals surface area contributed by atoms with E-state index in [9.17, 15) is 20.1 Å². The SMILES string of the molecule is CC1NC(CCC2CC3CC4CCC(O)(CC(=O)[O-])CNC5(C)CC(N)NC(Cc6cccc(c6)C2c2ccc6cccc4c6c23)C5)C([NH+]2CC=NC2)CC1O. The summed E-state index contributed by atoms with van der Waals surface area (Å²) in [6, 6.07) is 21.6. The number of benzene rings is 3. The molecule has 8 aliphatic rings. The number of rotatable bonds is 6. The fourth-order valence-electron chi connectivity index (χ4n) is 12.4. The van der Waals surface area contributed by atoms with Crippen LogP contribution in [-0.4, -0.2) is 89.7 Å². The Hall–Kier alpha value is -3.22. The van der Waals surface area contributed by atoms with Crippen LogP contribution in [0.15, 0.2) is 59.6 Å². The fourth-order valence-corrected chi connectivity index (χ4v) is 12.4. The van der Waals surface area contributed by atoms with E-state index in [-0.39, 0.29) is 48.3 Å². The van der Waals surface area contributed by atoms with Crippen LogP contribution in [0.5, 0.6) is 0 Å². The van der Waals surface area contributed by atoms with E-state index in [0.717, 1.165) is 58.2 Å². The molecular weight excluding hydrogens is 701 g/mol. The monoisotopic (exact) mass is 762 g/mol. The minimum absolute atomic E-state index is 0.0589. The van der Waals surface area contributed by atoms with Crippen molar-refractivity contribution in [3.63, 3.8) is 0 Å². The molecule has 6 aliphatic heterocycles. The number of aliphatic imine (C=N–C) groups is 1. The van der Waals surface area contributed by atoms with Gasteiger partial charge in [-0.05, 0) is 128 Å². The number of hydrogen-bond acceptors (Lipinski definition) is 9. The minimum Gasteiger partial charge on any atom is -0.550 e. The molecule has 56 heavy (non-hydrogen) atoms. The van der Waals surface area contributed by atoms with Crippen LogP contribution >= 0.6 is 0 Å². The van der Waals surface area contributed by atoms with Gasteiger partial charge in [0.25, 0.3) is 0 Å². The van der Waals surface area contributed by atoms with Crippen LogP contribution in [0.3, 0.4) is 0 Å². The molecule has 3 aromatic carbocycles. The molecule has 10 heteroatoms. The molecule has 6 heterocycles. The summed E-state index contributed by atoms with van der Waals surface area (Å²) in [5.74, 6) is 0.0331. The second-order valence-electron chi connectivity index (χ2n) is 19.1. The highest BCUT2D eigenvalue weighted by molar-refractivity contribution is 5.92. The van der Waals surface area contributed by atoms with Gasteiger partial charge in [-0.3, -0.25) is 5.32 Å². The number of nitrogens with one attached hydrogen (secondary N) is 4. The number of aliphatic hydroxyl groups excluding tert-OH is 1. The molecule has 2 saturated heterocycles. The third kappa shape index (κ3) is 7.47. The smallest absolute Gasteiger partial charge is 0.171 e. The second-order valence-corrected chi connectivity index (χ2v) is 19.1.